The van der Waals surface area contributed by atoms with Crippen LogP contribution in [0, 0.1) is 23.2 Å². The van der Waals surface area contributed by atoms with Gasteiger partial charge in [-0.1, -0.05) is 30.3 Å². The van der Waals surface area contributed by atoms with E-state index in [1.807, 2.05) is 30.3 Å². The molecule has 1 aromatic rings. The van der Waals surface area contributed by atoms with Crippen LogP contribution in [0.5, 0.6) is 0 Å². The van der Waals surface area contributed by atoms with Crippen molar-refractivity contribution in [3.63, 3.8) is 0 Å². The van der Waals surface area contributed by atoms with Gasteiger partial charge in [0.15, 0.2) is 5.78 Å². The topological polar surface area (TPSA) is 40.6 Å². The van der Waals surface area contributed by atoms with Crippen molar-refractivity contribution in [2.75, 3.05) is 32.7 Å². The Morgan fingerprint density at radius 2 is 1.45 bits per heavy atom. The molecular weight excluding hydrogens is 360 g/mol. The molecule has 1 aromatic carbocycles. The van der Waals surface area contributed by atoms with E-state index in [0.717, 1.165) is 62.5 Å². The van der Waals surface area contributed by atoms with E-state index >= 15 is 0 Å². The summed E-state index contributed by atoms with van der Waals surface area (Å²) in [5.41, 5.74) is 0.817. The molecule has 4 aliphatic carbocycles. The second-order valence-corrected chi connectivity index (χ2v) is 10.2. The highest BCUT2D eigenvalue weighted by molar-refractivity contribution is 5.95. The largest absolute Gasteiger partial charge is 0.340 e. The van der Waals surface area contributed by atoms with Crippen LogP contribution >= 0.6 is 0 Å². The van der Waals surface area contributed by atoms with Gasteiger partial charge in [-0.15, -0.1) is 0 Å². The van der Waals surface area contributed by atoms with Crippen molar-refractivity contribution >= 4 is 11.7 Å². The van der Waals surface area contributed by atoms with E-state index in [0.29, 0.717) is 12.3 Å². The second-order valence-electron chi connectivity index (χ2n) is 10.2. The first kappa shape index (κ1) is 19.3. The van der Waals surface area contributed by atoms with Gasteiger partial charge in [0.1, 0.15) is 0 Å². The molecule has 0 spiro atoms. The monoisotopic (exact) mass is 394 g/mol. The van der Waals surface area contributed by atoms with Crippen molar-refractivity contribution in [2.24, 2.45) is 23.2 Å². The van der Waals surface area contributed by atoms with E-state index in [4.69, 9.17) is 0 Å². The predicted molar refractivity (Wildman–Crippen MR) is 114 cm³/mol. The Morgan fingerprint density at radius 1 is 0.862 bits per heavy atom. The van der Waals surface area contributed by atoms with Crippen LogP contribution in [0.15, 0.2) is 30.3 Å². The fraction of sp³-hybridized carbons (Fsp3) is 0.680. The molecule has 0 unspecified atom stereocenters. The molecule has 0 N–H and O–H groups in total. The molecule has 156 valence electrons. The summed E-state index contributed by atoms with van der Waals surface area (Å²) in [6.07, 6.45) is 9.18. The molecule has 6 rings (SSSR count). The lowest BCUT2D eigenvalue weighted by Gasteiger charge is -2.57. The molecule has 1 saturated heterocycles. The van der Waals surface area contributed by atoms with Crippen LogP contribution in [-0.4, -0.2) is 54.2 Å². The maximum atomic E-state index is 13.5. The molecule has 5 aliphatic rings. The smallest absolute Gasteiger partial charge is 0.228 e. The highest BCUT2D eigenvalue weighted by atomic mass is 16.2. The van der Waals surface area contributed by atoms with Crippen molar-refractivity contribution in [3.8, 4) is 0 Å². The number of benzene rings is 1. The Bertz CT molecular complexity index is 716. The van der Waals surface area contributed by atoms with Crippen molar-refractivity contribution < 1.29 is 9.59 Å². The lowest BCUT2D eigenvalue weighted by Crippen LogP contribution is -2.58. The van der Waals surface area contributed by atoms with Crippen LogP contribution in [0.25, 0.3) is 0 Å². The minimum Gasteiger partial charge on any atom is -0.340 e. The Kier molecular flexibility index (Phi) is 5.23. The van der Waals surface area contributed by atoms with Crippen LogP contribution in [0.1, 0.15) is 61.7 Å². The fourth-order valence-corrected chi connectivity index (χ4v) is 7.11. The summed E-state index contributed by atoms with van der Waals surface area (Å²) in [6.45, 7) is 4.60. The van der Waals surface area contributed by atoms with Gasteiger partial charge < -0.3 is 4.90 Å². The molecule has 4 saturated carbocycles. The third kappa shape index (κ3) is 3.88. The SMILES string of the molecule is O=C(CCCN1CCN(C(=O)C23CC4CC(CC(C4)C2)C3)CC1)c1ccccc1. The summed E-state index contributed by atoms with van der Waals surface area (Å²) in [5, 5.41) is 0. The summed E-state index contributed by atoms with van der Waals surface area (Å²) in [4.78, 5) is 30.4. The number of rotatable bonds is 6. The van der Waals surface area contributed by atoms with E-state index < -0.39 is 0 Å². The van der Waals surface area contributed by atoms with Crippen molar-refractivity contribution in [1.82, 2.24) is 9.80 Å². The Balaban J connectivity index is 1.09. The number of piperazine rings is 1. The number of nitrogens with zero attached hydrogens (tertiary/aromatic N) is 2. The highest BCUT2D eigenvalue weighted by Crippen LogP contribution is 2.60. The van der Waals surface area contributed by atoms with Gasteiger partial charge >= 0.3 is 0 Å². The van der Waals surface area contributed by atoms with Gasteiger partial charge in [0, 0.05) is 38.2 Å². The van der Waals surface area contributed by atoms with E-state index in [2.05, 4.69) is 9.80 Å². The number of carbonyl (C=O) groups excluding carboxylic acids is 2. The first-order valence-electron chi connectivity index (χ1n) is 11.7. The van der Waals surface area contributed by atoms with Crippen LogP contribution < -0.4 is 0 Å². The number of Topliss-reactive ketones (excluding diaryl/α,β-unsaturated/α-hetero) is 1. The molecule has 0 radical (unpaired) electrons. The minimum atomic E-state index is -0.000970. The molecule has 4 heteroatoms. The van der Waals surface area contributed by atoms with Crippen LogP contribution in [-0.2, 0) is 4.79 Å². The average Bonchev–Trinajstić information content (AvgIpc) is 2.73. The Morgan fingerprint density at radius 3 is 2.03 bits per heavy atom. The van der Waals surface area contributed by atoms with E-state index in [9.17, 15) is 9.59 Å². The molecule has 1 heterocycles. The van der Waals surface area contributed by atoms with Crippen molar-refractivity contribution in [2.45, 2.75) is 51.4 Å². The molecule has 4 bridgehead atoms. The van der Waals surface area contributed by atoms with Crippen LogP contribution in [0.2, 0.25) is 0 Å². The van der Waals surface area contributed by atoms with Gasteiger partial charge in [-0.25, -0.2) is 0 Å². The van der Waals surface area contributed by atoms with Crippen LogP contribution in [0.4, 0.5) is 0 Å². The first-order chi connectivity index (χ1) is 14.1. The van der Waals surface area contributed by atoms with Crippen molar-refractivity contribution in [1.29, 1.82) is 0 Å². The number of hydrogen-bond donors (Lipinski definition) is 0. The molecule has 0 atom stereocenters. The second kappa shape index (κ2) is 7.86. The summed E-state index contributed by atoms with van der Waals surface area (Å²) in [6, 6.07) is 9.59. The Labute approximate surface area is 174 Å². The van der Waals surface area contributed by atoms with Gasteiger partial charge in [0.2, 0.25) is 5.91 Å². The zero-order chi connectivity index (χ0) is 19.8. The predicted octanol–water partition coefficient (Wildman–Crippen LogP) is 4.01. The van der Waals surface area contributed by atoms with Crippen LogP contribution in [0.3, 0.4) is 0 Å². The third-order valence-corrected chi connectivity index (χ3v) is 8.13. The van der Waals surface area contributed by atoms with E-state index in [-0.39, 0.29) is 11.2 Å². The summed E-state index contributed by atoms with van der Waals surface area (Å²) in [7, 11) is 0. The fourth-order valence-electron chi connectivity index (χ4n) is 7.11. The third-order valence-electron chi connectivity index (χ3n) is 8.13. The van der Waals surface area contributed by atoms with Gasteiger partial charge in [0.05, 0.1) is 5.41 Å². The molecule has 29 heavy (non-hydrogen) atoms. The molecule has 4 nitrogen and oxygen atoms in total. The van der Waals surface area contributed by atoms with Gasteiger partial charge in [0.25, 0.3) is 0 Å². The zero-order valence-electron chi connectivity index (χ0n) is 17.5. The lowest BCUT2D eigenvalue weighted by molar-refractivity contribution is -0.159. The summed E-state index contributed by atoms with van der Waals surface area (Å²) in [5.74, 6) is 3.20. The quantitative estimate of drug-likeness (QED) is 0.685. The van der Waals surface area contributed by atoms with Crippen molar-refractivity contribution in [3.05, 3.63) is 35.9 Å². The molecule has 1 aliphatic heterocycles. The summed E-state index contributed by atoms with van der Waals surface area (Å²) >= 11 is 0. The van der Waals surface area contributed by atoms with Gasteiger partial charge in [-0.05, 0) is 69.2 Å². The number of carbonyl (C=O) groups is 2. The van der Waals surface area contributed by atoms with E-state index in [1.165, 1.54) is 38.5 Å². The molecular formula is C25H34N2O2. The highest BCUT2D eigenvalue weighted by Gasteiger charge is 2.55. The lowest BCUT2D eigenvalue weighted by atomic mass is 9.49. The van der Waals surface area contributed by atoms with E-state index in [1.54, 1.807) is 0 Å². The average molecular weight is 395 g/mol. The number of ketones is 1. The normalized spacial score (nSPS) is 33.8. The number of amides is 1. The molecule has 1 amide bonds. The maximum absolute atomic E-state index is 13.5. The standard InChI is InChI=1S/C25H34N2O2/c28-23(22-5-2-1-3-6-22)7-4-8-26-9-11-27(12-10-26)24(29)25-16-19-13-20(17-25)15-21(14-19)18-25/h1-3,5-6,19-21H,4,7-18H2. The zero-order valence-corrected chi connectivity index (χ0v) is 17.5. The van der Waals surface area contributed by atoms with Gasteiger partial charge in [-0.2, -0.15) is 0 Å². The molecule has 5 fully saturated rings. The minimum absolute atomic E-state index is 0.000970. The number of hydrogen-bond acceptors (Lipinski definition) is 3. The summed E-state index contributed by atoms with van der Waals surface area (Å²) < 4.78 is 0. The molecule has 0 aromatic heterocycles. The first-order valence-corrected chi connectivity index (χ1v) is 11.7. The van der Waals surface area contributed by atoms with Gasteiger partial charge in [-0.3, -0.25) is 14.5 Å². The maximum Gasteiger partial charge on any atom is 0.228 e. The Hall–Kier alpha value is -1.68.